The highest BCUT2D eigenvalue weighted by molar-refractivity contribution is 5.77. The summed E-state index contributed by atoms with van der Waals surface area (Å²) in [5.74, 6) is 3.32. The molecule has 25 heavy (non-hydrogen) atoms. The fourth-order valence-electron chi connectivity index (χ4n) is 4.67. The van der Waals surface area contributed by atoms with Gasteiger partial charge in [-0.1, -0.05) is 12.0 Å². The normalized spacial score (nSPS) is 30.6. The Morgan fingerprint density at radius 3 is 2.84 bits per heavy atom. The minimum atomic E-state index is 0.256. The molecule has 138 valence electrons. The Hall–Kier alpha value is -1.66. The molecule has 3 atom stereocenters. The highest BCUT2D eigenvalue weighted by Gasteiger charge is 2.39. The molecule has 3 aliphatic rings. The summed E-state index contributed by atoms with van der Waals surface area (Å²) in [6.45, 7) is 5.19. The van der Waals surface area contributed by atoms with E-state index in [2.05, 4.69) is 32.7 Å². The number of anilines is 1. The predicted molar refractivity (Wildman–Crippen MR) is 94.9 cm³/mol. The third kappa shape index (κ3) is 3.80. The van der Waals surface area contributed by atoms with Gasteiger partial charge in [0.1, 0.15) is 0 Å². The van der Waals surface area contributed by atoms with Gasteiger partial charge in [0.2, 0.25) is 11.9 Å². The number of aryl methyl sites for hydroxylation is 1. The standard InChI is InChI=1S/C18H30N6O/c1-18(6-7-18)10-16(25)19-11-13-3-4-15-12-24(8-5-14(15)9-13)17-20-21-22-23(17)2/h13-15H,3-12H2,1-2H3,(H,19,25). The van der Waals surface area contributed by atoms with Crippen molar-refractivity contribution in [3.63, 3.8) is 0 Å². The van der Waals surface area contributed by atoms with E-state index in [-0.39, 0.29) is 5.91 Å². The van der Waals surface area contributed by atoms with Gasteiger partial charge in [-0.05, 0) is 72.1 Å². The molecule has 1 aromatic rings. The van der Waals surface area contributed by atoms with Gasteiger partial charge in [-0.3, -0.25) is 4.79 Å². The Kier molecular flexibility index (Phi) is 4.41. The number of tetrazole rings is 1. The first-order chi connectivity index (χ1) is 12.0. The molecule has 0 bridgehead atoms. The van der Waals surface area contributed by atoms with Gasteiger partial charge >= 0.3 is 0 Å². The Balaban J connectivity index is 1.24. The topological polar surface area (TPSA) is 75.9 Å². The zero-order valence-electron chi connectivity index (χ0n) is 15.4. The van der Waals surface area contributed by atoms with Crippen LogP contribution in [-0.2, 0) is 11.8 Å². The van der Waals surface area contributed by atoms with Crippen molar-refractivity contribution in [1.82, 2.24) is 25.5 Å². The summed E-state index contributed by atoms with van der Waals surface area (Å²) in [6, 6.07) is 0. The molecule has 1 aromatic heterocycles. The second-order valence-corrected chi connectivity index (χ2v) is 8.83. The van der Waals surface area contributed by atoms with Crippen molar-refractivity contribution in [3.05, 3.63) is 0 Å². The first-order valence-electron chi connectivity index (χ1n) is 9.76. The molecule has 2 saturated carbocycles. The van der Waals surface area contributed by atoms with Crippen molar-refractivity contribution in [2.45, 2.75) is 51.9 Å². The maximum Gasteiger partial charge on any atom is 0.245 e. The van der Waals surface area contributed by atoms with Crippen molar-refractivity contribution >= 4 is 11.9 Å². The highest BCUT2D eigenvalue weighted by Crippen LogP contribution is 2.48. The van der Waals surface area contributed by atoms with E-state index < -0.39 is 0 Å². The molecular weight excluding hydrogens is 316 g/mol. The average Bonchev–Trinajstić information content (AvgIpc) is 3.16. The molecule has 0 aromatic carbocycles. The van der Waals surface area contributed by atoms with Crippen LogP contribution in [0.5, 0.6) is 0 Å². The van der Waals surface area contributed by atoms with Crippen molar-refractivity contribution in [2.24, 2.45) is 30.2 Å². The van der Waals surface area contributed by atoms with E-state index in [0.29, 0.717) is 17.8 Å². The van der Waals surface area contributed by atoms with Gasteiger partial charge in [-0.15, -0.1) is 0 Å². The summed E-state index contributed by atoms with van der Waals surface area (Å²) in [5.41, 5.74) is 0.309. The number of carbonyl (C=O) groups excluding carboxylic acids is 1. The van der Waals surface area contributed by atoms with Crippen molar-refractivity contribution in [3.8, 4) is 0 Å². The lowest BCUT2D eigenvalue weighted by Crippen LogP contribution is -2.45. The molecule has 3 fully saturated rings. The largest absolute Gasteiger partial charge is 0.356 e. The number of fused-ring (bicyclic) bond motifs is 1. The maximum absolute atomic E-state index is 12.1. The summed E-state index contributed by atoms with van der Waals surface area (Å²) in [5, 5.41) is 15.1. The van der Waals surface area contributed by atoms with E-state index in [1.807, 2.05) is 7.05 Å². The van der Waals surface area contributed by atoms with Crippen LogP contribution in [0.25, 0.3) is 0 Å². The van der Waals surface area contributed by atoms with Gasteiger partial charge < -0.3 is 10.2 Å². The van der Waals surface area contributed by atoms with Crippen LogP contribution in [0, 0.1) is 23.2 Å². The predicted octanol–water partition coefficient (Wildman–Crippen LogP) is 1.76. The van der Waals surface area contributed by atoms with Crippen molar-refractivity contribution in [1.29, 1.82) is 0 Å². The smallest absolute Gasteiger partial charge is 0.245 e. The Bertz CT molecular complexity index is 625. The monoisotopic (exact) mass is 346 g/mol. The summed E-state index contributed by atoms with van der Waals surface area (Å²) in [4.78, 5) is 14.4. The minimum Gasteiger partial charge on any atom is -0.356 e. The lowest BCUT2D eigenvalue weighted by molar-refractivity contribution is -0.122. The van der Waals surface area contributed by atoms with E-state index in [0.717, 1.165) is 37.4 Å². The highest BCUT2D eigenvalue weighted by atomic mass is 16.1. The molecule has 1 saturated heterocycles. The van der Waals surface area contributed by atoms with Gasteiger partial charge in [0, 0.05) is 33.1 Å². The zero-order valence-corrected chi connectivity index (χ0v) is 15.4. The summed E-state index contributed by atoms with van der Waals surface area (Å²) in [7, 11) is 1.91. The lowest BCUT2D eigenvalue weighted by Gasteiger charge is -2.43. The number of hydrogen-bond acceptors (Lipinski definition) is 5. The number of rotatable bonds is 5. The third-order valence-corrected chi connectivity index (χ3v) is 6.63. The lowest BCUT2D eigenvalue weighted by atomic mass is 9.71. The Morgan fingerprint density at radius 2 is 2.12 bits per heavy atom. The maximum atomic E-state index is 12.1. The molecule has 4 rings (SSSR count). The quantitative estimate of drug-likeness (QED) is 0.879. The fraction of sp³-hybridized carbons (Fsp3) is 0.889. The van der Waals surface area contributed by atoms with Gasteiger partial charge in [-0.2, -0.15) is 0 Å². The van der Waals surface area contributed by atoms with Gasteiger partial charge in [-0.25, -0.2) is 4.68 Å². The minimum absolute atomic E-state index is 0.256. The van der Waals surface area contributed by atoms with Crippen LogP contribution in [0.1, 0.15) is 51.9 Å². The zero-order chi connectivity index (χ0) is 17.4. The molecule has 1 amide bonds. The van der Waals surface area contributed by atoms with E-state index >= 15 is 0 Å². The molecule has 7 nitrogen and oxygen atoms in total. The van der Waals surface area contributed by atoms with E-state index in [4.69, 9.17) is 0 Å². The van der Waals surface area contributed by atoms with E-state index in [1.54, 1.807) is 4.68 Å². The summed E-state index contributed by atoms with van der Waals surface area (Å²) in [6.07, 6.45) is 8.09. The van der Waals surface area contributed by atoms with Crippen LogP contribution < -0.4 is 10.2 Å². The number of piperidine rings is 1. The number of carbonyl (C=O) groups is 1. The Morgan fingerprint density at radius 1 is 1.28 bits per heavy atom. The second-order valence-electron chi connectivity index (χ2n) is 8.83. The number of nitrogens with zero attached hydrogens (tertiary/aromatic N) is 5. The third-order valence-electron chi connectivity index (χ3n) is 6.63. The van der Waals surface area contributed by atoms with Gasteiger partial charge in [0.05, 0.1) is 0 Å². The SMILES string of the molecule is Cn1nnnc1N1CCC2CC(CNC(=O)CC3(C)CC3)CCC2C1. The van der Waals surface area contributed by atoms with Crippen LogP contribution >= 0.6 is 0 Å². The second kappa shape index (κ2) is 6.57. The average molecular weight is 346 g/mol. The summed E-state index contributed by atoms with van der Waals surface area (Å²) >= 11 is 0. The molecule has 0 radical (unpaired) electrons. The van der Waals surface area contributed by atoms with Crippen LogP contribution in [0.2, 0.25) is 0 Å². The van der Waals surface area contributed by atoms with Crippen LogP contribution in [0.15, 0.2) is 0 Å². The number of aromatic nitrogens is 4. The molecule has 1 N–H and O–H groups in total. The molecular formula is C18H30N6O. The molecule has 2 aliphatic carbocycles. The van der Waals surface area contributed by atoms with Gasteiger partial charge in [0.15, 0.2) is 0 Å². The van der Waals surface area contributed by atoms with Crippen LogP contribution in [0.4, 0.5) is 5.95 Å². The molecule has 2 heterocycles. The summed E-state index contributed by atoms with van der Waals surface area (Å²) < 4.78 is 1.77. The number of amides is 1. The number of hydrogen-bond donors (Lipinski definition) is 1. The van der Waals surface area contributed by atoms with Crippen molar-refractivity contribution < 1.29 is 4.79 Å². The fourth-order valence-corrected chi connectivity index (χ4v) is 4.67. The number of nitrogens with one attached hydrogen (secondary N) is 1. The van der Waals surface area contributed by atoms with Gasteiger partial charge in [0.25, 0.3) is 0 Å². The Labute approximate surface area is 149 Å². The van der Waals surface area contributed by atoms with Crippen molar-refractivity contribution in [2.75, 3.05) is 24.5 Å². The van der Waals surface area contributed by atoms with E-state index in [1.165, 1.54) is 38.5 Å². The molecule has 1 aliphatic heterocycles. The van der Waals surface area contributed by atoms with E-state index in [9.17, 15) is 4.79 Å². The molecule has 0 spiro atoms. The first kappa shape index (κ1) is 16.8. The van der Waals surface area contributed by atoms with Crippen LogP contribution in [-0.4, -0.2) is 45.7 Å². The first-order valence-corrected chi connectivity index (χ1v) is 9.76. The molecule has 3 unspecified atom stereocenters. The van der Waals surface area contributed by atoms with Crippen LogP contribution in [0.3, 0.4) is 0 Å². The molecule has 7 heteroatoms.